The first kappa shape index (κ1) is 15.5. The van der Waals surface area contributed by atoms with Crippen LogP contribution in [-0.2, 0) is 20.1 Å². The highest BCUT2D eigenvalue weighted by molar-refractivity contribution is 5.41. The van der Waals surface area contributed by atoms with Crippen molar-refractivity contribution >= 4 is 5.82 Å². The number of rotatable bonds is 7. The van der Waals surface area contributed by atoms with Crippen LogP contribution in [0.25, 0.3) is 0 Å². The lowest BCUT2D eigenvalue weighted by Gasteiger charge is -2.18. The van der Waals surface area contributed by atoms with Gasteiger partial charge in [0.2, 0.25) is 0 Å². The van der Waals surface area contributed by atoms with Gasteiger partial charge in [-0.1, -0.05) is 13.0 Å². The quantitative estimate of drug-likeness (QED) is 0.794. The number of aryl methyl sites for hydroxylation is 2. The molecule has 0 unspecified atom stereocenters. The maximum absolute atomic E-state index is 4.71. The Bertz CT molecular complexity index is 576. The number of nitrogens with one attached hydrogen (secondary N) is 1. The third-order valence-electron chi connectivity index (χ3n) is 3.49. The van der Waals surface area contributed by atoms with E-state index < -0.39 is 0 Å². The number of hydrogen-bond donors (Lipinski definition) is 1. The Morgan fingerprint density at radius 2 is 2.14 bits per heavy atom. The Morgan fingerprint density at radius 3 is 2.76 bits per heavy atom. The molecule has 2 aromatic heterocycles. The standard InChI is InChI=1S/C16H25N5/c1-5-8-17-10-15-6-7-16(19-13(15)2)20(3)11-14-9-18-21(4)12-14/h6-7,9,12,17H,5,8,10-11H2,1-4H3. The highest BCUT2D eigenvalue weighted by Gasteiger charge is 2.07. The number of hydrogen-bond acceptors (Lipinski definition) is 4. The van der Waals surface area contributed by atoms with Crippen LogP contribution in [0.4, 0.5) is 5.82 Å². The van der Waals surface area contributed by atoms with E-state index in [9.17, 15) is 0 Å². The first-order valence-corrected chi connectivity index (χ1v) is 7.46. The van der Waals surface area contributed by atoms with Crippen LogP contribution in [0.2, 0.25) is 0 Å². The van der Waals surface area contributed by atoms with Crippen LogP contribution < -0.4 is 10.2 Å². The van der Waals surface area contributed by atoms with Gasteiger partial charge in [-0.05, 0) is 31.5 Å². The van der Waals surface area contributed by atoms with Crippen molar-refractivity contribution in [2.75, 3.05) is 18.5 Å². The van der Waals surface area contributed by atoms with Crippen molar-refractivity contribution in [1.82, 2.24) is 20.1 Å². The maximum atomic E-state index is 4.71. The van der Waals surface area contributed by atoms with Crippen molar-refractivity contribution < 1.29 is 0 Å². The first-order valence-electron chi connectivity index (χ1n) is 7.46. The van der Waals surface area contributed by atoms with E-state index in [4.69, 9.17) is 4.98 Å². The second-order valence-corrected chi connectivity index (χ2v) is 5.47. The average molecular weight is 287 g/mol. The van der Waals surface area contributed by atoms with Crippen molar-refractivity contribution in [2.24, 2.45) is 7.05 Å². The molecule has 0 fully saturated rings. The molecule has 0 aromatic carbocycles. The summed E-state index contributed by atoms with van der Waals surface area (Å²) in [5, 5.41) is 7.62. The van der Waals surface area contributed by atoms with Gasteiger partial charge in [0.05, 0.1) is 6.20 Å². The van der Waals surface area contributed by atoms with Crippen molar-refractivity contribution in [2.45, 2.75) is 33.4 Å². The van der Waals surface area contributed by atoms with Gasteiger partial charge in [-0.15, -0.1) is 0 Å². The van der Waals surface area contributed by atoms with Crippen molar-refractivity contribution in [3.63, 3.8) is 0 Å². The largest absolute Gasteiger partial charge is 0.355 e. The molecular formula is C16H25N5. The molecule has 2 aromatic rings. The van der Waals surface area contributed by atoms with E-state index in [1.165, 1.54) is 11.1 Å². The van der Waals surface area contributed by atoms with Crippen LogP contribution in [-0.4, -0.2) is 28.4 Å². The highest BCUT2D eigenvalue weighted by atomic mass is 15.2. The third kappa shape index (κ3) is 4.29. The van der Waals surface area contributed by atoms with Gasteiger partial charge >= 0.3 is 0 Å². The molecule has 5 nitrogen and oxygen atoms in total. The number of pyridine rings is 1. The van der Waals surface area contributed by atoms with Crippen molar-refractivity contribution in [1.29, 1.82) is 0 Å². The summed E-state index contributed by atoms with van der Waals surface area (Å²) in [6, 6.07) is 4.26. The van der Waals surface area contributed by atoms with Gasteiger partial charge in [0.25, 0.3) is 0 Å². The van der Waals surface area contributed by atoms with E-state index in [-0.39, 0.29) is 0 Å². The summed E-state index contributed by atoms with van der Waals surface area (Å²) >= 11 is 0. The number of nitrogens with zero attached hydrogens (tertiary/aromatic N) is 4. The lowest BCUT2D eigenvalue weighted by molar-refractivity contribution is 0.670. The van der Waals surface area contributed by atoms with Gasteiger partial charge in [0.1, 0.15) is 5.82 Å². The molecule has 0 saturated carbocycles. The van der Waals surface area contributed by atoms with Gasteiger partial charge in [-0.3, -0.25) is 4.68 Å². The molecule has 114 valence electrons. The first-order chi connectivity index (χ1) is 10.1. The Morgan fingerprint density at radius 1 is 1.33 bits per heavy atom. The molecular weight excluding hydrogens is 262 g/mol. The molecule has 0 aliphatic carbocycles. The van der Waals surface area contributed by atoms with Crippen LogP contribution in [0.1, 0.15) is 30.2 Å². The molecule has 0 spiro atoms. The van der Waals surface area contributed by atoms with Crippen LogP contribution >= 0.6 is 0 Å². The fourth-order valence-electron chi connectivity index (χ4n) is 2.28. The van der Waals surface area contributed by atoms with Gasteiger partial charge in [0, 0.05) is 44.6 Å². The van der Waals surface area contributed by atoms with Crippen molar-refractivity contribution in [3.8, 4) is 0 Å². The van der Waals surface area contributed by atoms with Crippen LogP contribution in [0, 0.1) is 6.92 Å². The summed E-state index contributed by atoms with van der Waals surface area (Å²) in [5.74, 6) is 0.996. The fourth-order valence-corrected chi connectivity index (χ4v) is 2.28. The molecule has 5 heteroatoms. The Labute approximate surface area is 127 Å². The molecule has 0 bridgehead atoms. The lowest BCUT2D eigenvalue weighted by atomic mass is 10.2. The summed E-state index contributed by atoms with van der Waals surface area (Å²) in [5.41, 5.74) is 3.55. The van der Waals surface area contributed by atoms with Crippen LogP contribution in [0.3, 0.4) is 0 Å². The Kier molecular flexibility index (Phi) is 5.33. The third-order valence-corrected chi connectivity index (χ3v) is 3.49. The summed E-state index contributed by atoms with van der Waals surface area (Å²) in [6.07, 6.45) is 5.08. The van der Waals surface area contributed by atoms with E-state index in [0.717, 1.165) is 37.6 Å². The molecule has 0 amide bonds. The van der Waals surface area contributed by atoms with Crippen molar-refractivity contribution in [3.05, 3.63) is 41.3 Å². The van der Waals surface area contributed by atoms with E-state index >= 15 is 0 Å². The predicted octanol–water partition coefficient (Wildman–Crippen LogP) is 2.26. The monoisotopic (exact) mass is 287 g/mol. The topological polar surface area (TPSA) is 46.0 Å². The second kappa shape index (κ2) is 7.22. The molecule has 0 saturated heterocycles. The van der Waals surface area contributed by atoms with E-state index in [1.807, 2.05) is 24.1 Å². The number of aromatic nitrogens is 3. The smallest absolute Gasteiger partial charge is 0.128 e. The van der Waals surface area contributed by atoms with Gasteiger partial charge in [-0.2, -0.15) is 5.10 Å². The molecule has 0 atom stereocenters. The minimum Gasteiger partial charge on any atom is -0.355 e. The molecule has 0 aliphatic heterocycles. The van der Waals surface area contributed by atoms with Gasteiger partial charge in [-0.25, -0.2) is 4.98 Å². The molecule has 2 rings (SSSR count). The van der Waals surface area contributed by atoms with E-state index in [2.05, 4.69) is 48.3 Å². The van der Waals surface area contributed by atoms with E-state index in [0.29, 0.717) is 0 Å². The SMILES string of the molecule is CCCNCc1ccc(N(C)Cc2cnn(C)c2)nc1C. The second-order valence-electron chi connectivity index (χ2n) is 5.47. The minimum atomic E-state index is 0.813. The van der Waals surface area contributed by atoms with Gasteiger partial charge in [0.15, 0.2) is 0 Å². The molecule has 2 heterocycles. The molecule has 0 radical (unpaired) electrons. The summed E-state index contributed by atoms with van der Waals surface area (Å²) in [6.45, 7) is 6.99. The zero-order valence-corrected chi connectivity index (χ0v) is 13.4. The van der Waals surface area contributed by atoms with Crippen LogP contribution in [0.15, 0.2) is 24.5 Å². The zero-order valence-electron chi connectivity index (χ0n) is 13.4. The Hall–Kier alpha value is -1.88. The molecule has 1 N–H and O–H groups in total. The lowest BCUT2D eigenvalue weighted by Crippen LogP contribution is -2.19. The number of anilines is 1. The van der Waals surface area contributed by atoms with E-state index in [1.54, 1.807) is 0 Å². The van der Waals surface area contributed by atoms with Crippen LogP contribution in [0.5, 0.6) is 0 Å². The Balaban J connectivity index is 2.01. The molecule has 0 aliphatic rings. The maximum Gasteiger partial charge on any atom is 0.128 e. The predicted molar refractivity (Wildman–Crippen MR) is 86.3 cm³/mol. The summed E-state index contributed by atoms with van der Waals surface area (Å²) in [7, 11) is 3.99. The zero-order chi connectivity index (χ0) is 15.2. The average Bonchev–Trinajstić information content (AvgIpc) is 2.86. The molecule has 21 heavy (non-hydrogen) atoms. The highest BCUT2D eigenvalue weighted by Crippen LogP contribution is 2.16. The summed E-state index contributed by atoms with van der Waals surface area (Å²) < 4.78 is 1.82. The normalized spacial score (nSPS) is 10.9. The van der Waals surface area contributed by atoms with Gasteiger partial charge < -0.3 is 10.2 Å². The fraction of sp³-hybridized carbons (Fsp3) is 0.500. The minimum absolute atomic E-state index is 0.813. The summed E-state index contributed by atoms with van der Waals surface area (Å²) in [4.78, 5) is 6.86.